The second-order valence-corrected chi connectivity index (χ2v) is 7.13. The van der Waals surface area contributed by atoms with Crippen LogP contribution in [-0.4, -0.2) is 54.9 Å². The molecule has 2 heterocycles. The molecule has 2 atom stereocenters. The maximum Gasteiger partial charge on any atom is 0.326 e. The Balaban J connectivity index is 2.11. The van der Waals surface area contributed by atoms with Gasteiger partial charge < -0.3 is 19.5 Å². The van der Waals surface area contributed by atoms with Gasteiger partial charge in [0.05, 0.1) is 26.4 Å². The minimum Gasteiger partial charge on any atom is -0.465 e. The van der Waals surface area contributed by atoms with Gasteiger partial charge in [-0.1, -0.05) is 12.0 Å². The highest BCUT2D eigenvalue weighted by molar-refractivity contribution is 6.00. The van der Waals surface area contributed by atoms with E-state index in [1.54, 1.807) is 20.0 Å². The number of carbonyl (C=O) groups is 2. The van der Waals surface area contributed by atoms with Crippen molar-refractivity contribution in [3.63, 3.8) is 0 Å². The second-order valence-electron chi connectivity index (χ2n) is 7.13. The Hall–Kier alpha value is -2.43. The van der Waals surface area contributed by atoms with Gasteiger partial charge in [0.25, 0.3) is 0 Å². The van der Waals surface area contributed by atoms with Gasteiger partial charge >= 0.3 is 11.9 Å². The number of aliphatic hydroxyl groups is 1. The van der Waals surface area contributed by atoms with Gasteiger partial charge in [0.2, 0.25) is 0 Å². The van der Waals surface area contributed by atoms with Crippen LogP contribution in [0.25, 0.3) is 0 Å². The number of carbonyl (C=O) groups excluding carboxylic acids is 2. The lowest BCUT2D eigenvalue weighted by molar-refractivity contribution is -0.930. The van der Waals surface area contributed by atoms with Gasteiger partial charge in [0.1, 0.15) is 12.6 Å². The molecule has 0 spiro atoms. The van der Waals surface area contributed by atoms with Crippen molar-refractivity contribution in [2.75, 3.05) is 32.9 Å². The predicted octanol–water partition coefficient (Wildman–Crippen LogP) is 0.690. The summed E-state index contributed by atoms with van der Waals surface area (Å²) in [5.41, 5.74) is -0.592. The minimum absolute atomic E-state index is 0.109. The summed E-state index contributed by atoms with van der Waals surface area (Å²) >= 11 is 0. The number of likely N-dealkylation sites (tertiary alicyclic amines) is 1. The van der Waals surface area contributed by atoms with Crippen molar-refractivity contribution < 1.29 is 29.1 Å². The van der Waals surface area contributed by atoms with Crippen molar-refractivity contribution in [2.24, 2.45) is 5.41 Å². The predicted molar refractivity (Wildman–Crippen MR) is 107 cm³/mol. The average Bonchev–Trinajstić information content (AvgIpc) is 2.75. The van der Waals surface area contributed by atoms with Crippen molar-refractivity contribution in [3.05, 3.63) is 30.1 Å². The van der Waals surface area contributed by atoms with Crippen molar-refractivity contribution in [1.29, 1.82) is 0 Å². The Morgan fingerprint density at radius 1 is 1.24 bits per heavy atom. The molecule has 2 rings (SSSR count). The third kappa shape index (κ3) is 5.78. The SMILES string of the molecule is CCOC(=O)C(CO)(CC#CC[NH+]1CCCC[C@H]1c1cccnc1)C(=O)OCC. The van der Waals surface area contributed by atoms with E-state index in [0.717, 1.165) is 19.4 Å². The second kappa shape index (κ2) is 11.5. The van der Waals surface area contributed by atoms with Gasteiger partial charge in [0.15, 0.2) is 5.41 Å². The van der Waals surface area contributed by atoms with Crippen molar-refractivity contribution >= 4 is 11.9 Å². The van der Waals surface area contributed by atoms with Gasteiger partial charge in [-0.25, -0.2) is 0 Å². The number of hydrogen-bond acceptors (Lipinski definition) is 6. The van der Waals surface area contributed by atoms with Gasteiger partial charge in [-0.05, 0) is 38.7 Å². The Morgan fingerprint density at radius 2 is 1.97 bits per heavy atom. The van der Waals surface area contributed by atoms with E-state index in [9.17, 15) is 14.7 Å². The molecule has 1 aliphatic rings. The number of piperidine rings is 1. The molecule has 0 amide bonds. The van der Waals surface area contributed by atoms with E-state index >= 15 is 0 Å². The van der Waals surface area contributed by atoms with Crippen LogP contribution in [0.5, 0.6) is 0 Å². The molecule has 1 fully saturated rings. The summed E-state index contributed by atoms with van der Waals surface area (Å²) in [6.07, 6.45) is 6.93. The Labute approximate surface area is 172 Å². The smallest absolute Gasteiger partial charge is 0.326 e. The van der Waals surface area contributed by atoms with Gasteiger partial charge in [-0.15, -0.1) is 0 Å². The third-order valence-electron chi connectivity index (χ3n) is 5.25. The zero-order valence-corrected chi connectivity index (χ0v) is 17.3. The Bertz CT molecular complexity index is 708. The summed E-state index contributed by atoms with van der Waals surface area (Å²) in [7, 11) is 0. The fraction of sp³-hybridized carbons (Fsp3) is 0.591. The van der Waals surface area contributed by atoms with Crippen LogP contribution in [0.4, 0.5) is 0 Å². The van der Waals surface area contributed by atoms with Crippen LogP contribution >= 0.6 is 0 Å². The normalized spacial score (nSPS) is 19.0. The molecule has 158 valence electrons. The number of hydrogen-bond donors (Lipinski definition) is 2. The number of nitrogens with zero attached hydrogens (tertiary/aromatic N) is 1. The summed E-state index contributed by atoms with van der Waals surface area (Å²) in [6, 6.07) is 4.38. The Morgan fingerprint density at radius 3 is 2.55 bits per heavy atom. The zero-order valence-electron chi connectivity index (χ0n) is 17.3. The monoisotopic (exact) mass is 403 g/mol. The number of aromatic nitrogens is 1. The highest BCUT2D eigenvalue weighted by Gasteiger charge is 2.48. The third-order valence-corrected chi connectivity index (χ3v) is 5.25. The standard InChI is InChI=1S/C22H30N2O5/c1-3-28-20(26)22(17-25,21(27)29-4-2)12-6-8-15-24-14-7-5-11-19(24)18-10-9-13-23-16-18/h9-10,13,16,19,25H,3-5,7,11-12,14-15,17H2,1-2H3/p+1/t19-/m0/s1. The van der Waals surface area contributed by atoms with E-state index in [1.807, 2.05) is 12.3 Å². The number of esters is 2. The summed E-state index contributed by atoms with van der Waals surface area (Å²) < 4.78 is 10.0. The molecule has 29 heavy (non-hydrogen) atoms. The van der Waals surface area contributed by atoms with Crippen LogP contribution in [0.2, 0.25) is 0 Å². The molecule has 1 saturated heterocycles. The highest BCUT2D eigenvalue weighted by Crippen LogP contribution is 2.25. The first-order chi connectivity index (χ1) is 14.1. The summed E-state index contributed by atoms with van der Waals surface area (Å²) in [5.74, 6) is 4.44. The van der Waals surface area contributed by atoms with Crippen LogP contribution in [0.3, 0.4) is 0 Å². The van der Waals surface area contributed by atoms with Crippen LogP contribution in [0.15, 0.2) is 24.5 Å². The molecule has 2 N–H and O–H groups in total. The van der Waals surface area contributed by atoms with E-state index in [0.29, 0.717) is 12.6 Å². The molecular weight excluding hydrogens is 372 g/mol. The van der Waals surface area contributed by atoms with Crippen molar-refractivity contribution in [2.45, 2.75) is 45.6 Å². The molecule has 0 radical (unpaired) electrons. The molecule has 0 aliphatic carbocycles. The topological polar surface area (TPSA) is 90.2 Å². The maximum absolute atomic E-state index is 12.4. The molecule has 1 aromatic rings. The van der Waals surface area contributed by atoms with E-state index < -0.39 is 24.0 Å². The molecule has 0 saturated carbocycles. The number of aliphatic hydroxyl groups excluding tert-OH is 1. The lowest BCUT2D eigenvalue weighted by atomic mass is 9.85. The number of rotatable bonds is 8. The molecule has 0 aromatic carbocycles. The van der Waals surface area contributed by atoms with Crippen molar-refractivity contribution in [3.8, 4) is 11.8 Å². The lowest BCUT2D eigenvalue weighted by Crippen LogP contribution is -3.13. The largest absolute Gasteiger partial charge is 0.465 e. The van der Waals surface area contributed by atoms with Gasteiger partial charge in [-0.3, -0.25) is 14.6 Å². The quantitative estimate of drug-likeness (QED) is 0.377. The van der Waals surface area contributed by atoms with E-state index in [4.69, 9.17) is 9.47 Å². The number of pyridine rings is 1. The number of ether oxygens (including phenoxy) is 2. The van der Waals surface area contributed by atoms with Crippen LogP contribution in [0.1, 0.15) is 51.1 Å². The zero-order chi connectivity index (χ0) is 21.1. The van der Waals surface area contributed by atoms with E-state index in [2.05, 4.69) is 22.9 Å². The first-order valence-corrected chi connectivity index (χ1v) is 10.2. The first kappa shape index (κ1) is 22.9. The molecular formula is C22H31N2O5+. The van der Waals surface area contributed by atoms with E-state index in [-0.39, 0.29) is 19.6 Å². The Kier molecular flexibility index (Phi) is 9.10. The molecule has 7 heteroatoms. The van der Waals surface area contributed by atoms with Crippen LogP contribution in [-0.2, 0) is 19.1 Å². The molecule has 1 aliphatic heterocycles. The fourth-order valence-electron chi connectivity index (χ4n) is 3.62. The highest BCUT2D eigenvalue weighted by atomic mass is 16.6. The van der Waals surface area contributed by atoms with Crippen LogP contribution in [0, 0.1) is 17.3 Å². The first-order valence-electron chi connectivity index (χ1n) is 10.2. The average molecular weight is 403 g/mol. The summed E-state index contributed by atoms with van der Waals surface area (Å²) in [4.78, 5) is 30.3. The van der Waals surface area contributed by atoms with Crippen molar-refractivity contribution in [1.82, 2.24) is 4.98 Å². The van der Waals surface area contributed by atoms with Crippen LogP contribution < -0.4 is 4.90 Å². The fourth-order valence-corrected chi connectivity index (χ4v) is 3.62. The molecule has 7 nitrogen and oxygen atoms in total. The summed E-state index contributed by atoms with van der Waals surface area (Å²) in [5, 5.41) is 9.83. The number of quaternary nitrogens is 1. The maximum atomic E-state index is 12.4. The minimum atomic E-state index is -1.79. The van der Waals surface area contributed by atoms with E-state index in [1.165, 1.54) is 16.9 Å². The number of nitrogens with one attached hydrogen (secondary N) is 1. The van der Waals surface area contributed by atoms with Gasteiger partial charge in [0, 0.05) is 30.8 Å². The molecule has 0 bridgehead atoms. The summed E-state index contributed by atoms with van der Waals surface area (Å²) in [6.45, 7) is 4.41. The molecule has 1 aromatic heterocycles. The van der Waals surface area contributed by atoms with Gasteiger partial charge in [-0.2, -0.15) is 0 Å². The lowest BCUT2D eigenvalue weighted by Gasteiger charge is -2.31. The molecule has 1 unspecified atom stereocenters.